The average molecular weight is 360 g/mol. The lowest BCUT2D eigenvalue weighted by Gasteiger charge is -2.03. The summed E-state index contributed by atoms with van der Waals surface area (Å²) in [5, 5.41) is 5.17. The molecule has 0 bridgehead atoms. The monoisotopic (exact) mass is 360 g/mol. The molecule has 0 spiro atoms. The van der Waals surface area contributed by atoms with Crippen molar-refractivity contribution in [2.75, 3.05) is 6.54 Å². The molecule has 0 radical (unpaired) electrons. The van der Waals surface area contributed by atoms with E-state index in [-0.39, 0.29) is 5.91 Å². The second-order valence-electron chi connectivity index (χ2n) is 6.53. The predicted molar refractivity (Wildman–Crippen MR) is 109 cm³/mol. The minimum Gasteiger partial charge on any atom is -0.351 e. The van der Waals surface area contributed by atoms with Gasteiger partial charge in [0.15, 0.2) is 0 Å². The van der Waals surface area contributed by atoms with Crippen molar-refractivity contribution in [3.63, 3.8) is 0 Å². The second-order valence-corrected chi connectivity index (χ2v) is 7.57. The molecule has 2 heterocycles. The van der Waals surface area contributed by atoms with Crippen LogP contribution in [0.4, 0.5) is 0 Å². The first kappa shape index (κ1) is 16.7. The van der Waals surface area contributed by atoms with Gasteiger partial charge in [-0.2, -0.15) is 0 Å². The van der Waals surface area contributed by atoms with E-state index in [0.29, 0.717) is 6.54 Å². The van der Waals surface area contributed by atoms with Crippen LogP contribution in [-0.2, 0) is 6.42 Å². The first-order valence-corrected chi connectivity index (χ1v) is 9.64. The lowest BCUT2D eigenvalue weighted by Crippen LogP contribution is -2.23. The molecule has 0 fully saturated rings. The highest BCUT2D eigenvalue weighted by atomic mass is 32.1. The number of benzene rings is 2. The maximum atomic E-state index is 12.4. The SMILES string of the molecule is Cc1ccc2nc3sc(C(=O)NCCCc4ccccc4)cc3cc2c1. The molecule has 0 atom stereocenters. The molecule has 2 aromatic heterocycles. The van der Waals surface area contributed by atoms with Crippen LogP contribution in [0.25, 0.3) is 21.1 Å². The number of nitrogens with one attached hydrogen (secondary N) is 1. The largest absolute Gasteiger partial charge is 0.351 e. The number of hydrogen-bond acceptors (Lipinski definition) is 3. The molecule has 4 rings (SSSR count). The number of carbonyl (C=O) groups excluding carboxylic acids is 1. The number of fused-ring (bicyclic) bond motifs is 2. The van der Waals surface area contributed by atoms with Gasteiger partial charge in [-0.15, -0.1) is 11.3 Å². The topological polar surface area (TPSA) is 42.0 Å². The van der Waals surface area contributed by atoms with Gasteiger partial charge in [-0.05, 0) is 49.6 Å². The van der Waals surface area contributed by atoms with Crippen molar-refractivity contribution >= 4 is 38.4 Å². The summed E-state index contributed by atoms with van der Waals surface area (Å²) in [6, 6.07) is 20.6. The smallest absolute Gasteiger partial charge is 0.261 e. The Bertz CT molecular complexity index is 1070. The quantitative estimate of drug-likeness (QED) is 0.502. The summed E-state index contributed by atoms with van der Waals surface area (Å²) in [7, 11) is 0. The van der Waals surface area contributed by atoms with Crippen molar-refractivity contribution in [1.29, 1.82) is 0 Å². The number of amides is 1. The Kier molecular flexibility index (Phi) is 4.67. The van der Waals surface area contributed by atoms with E-state index in [1.165, 1.54) is 22.5 Å². The number of carbonyl (C=O) groups is 1. The summed E-state index contributed by atoms with van der Waals surface area (Å²) in [5.74, 6) is -0.0127. The van der Waals surface area contributed by atoms with E-state index in [1.807, 2.05) is 30.3 Å². The zero-order chi connectivity index (χ0) is 17.9. The molecule has 0 unspecified atom stereocenters. The van der Waals surface area contributed by atoms with Crippen molar-refractivity contribution in [1.82, 2.24) is 10.3 Å². The highest BCUT2D eigenvalue weighted by molar-refractivity contribution is 7.20. The summed E-state index contributed by atoms with van der Waals surface area (Å²) in [4.78, 5) is 18.8. The maximum absolute atomic E-state index is 12.4. The van der Waals surface area contributed by atoms with Gasteiger partial charge in [-0.3, -0.25) is 4.79 Å². The molecule has 0 aliphatic heterocycles. The number of aryl methyl sites for hydroxylation is 2. The Morgan fingerprint density at radius 2 is 1.88 bits per heavy atom. The third-order valence-corrected chi connectivity index (χ3v) is 5.49. The number of rotatable bonds is 5. The van der Waals surface area contributed by atoms with E-state index in [1.54, 1.807) is 0 Å². The van der Waals surface area contributed by atoms with E-state index >= 15 is 0 Å². The summed E-state index contributed by atoms with van der Waals surface area (Å²) < 4.78 is 0. The van der Waals surface area contributed by atoms with Crippen LogP contribution in [0.5, 0.6) is 0 Å². The van der Waals surface area contributed by atoms with E-state index in [9.17, 15) is 4.79 Å². The first-order valence-electron chi connectivity index (χ1n) is 8.82. The molecule has 4 heteroatoms. The van der Waals surface area contributed by atoms with Gasteiger partial charge in [-0.25, -0.2) is 4.98 Å². The Morgan fingerprint density at radius 3 is 2.73 bits per heavy atom. The Hall–Kier alpha value is -2.72. The summed E-state index contributed by atoms with van der Waals surface area (Å²) in [5.41, 5.74) is 3.49. The van der Waals surface area contributed by atoms with E-state index in [4.69, 9.17) is 4.98 Å². The molecular formula is C22H20N2OS. The zero-order valence-corrected chi connectivity index (χ0v) is 15.5. The lowest BCUT2D eigenvalue weighted by molar-refractivity contribution is 0.0957. The lowest BCUT2D eigenvalue weighted by atomic mass is 10.1. The molecule has 3 nitrogen and oxygen atoms in total. The zero-order valence-electron chi connectivity index (χ0n) is 14.7. The third-order valence-electron chi connectivity index (χ3n) is 4.45. The van der Waals surface area contributed by atoms with Crippen molar-refractivity contribution in [2.45, 2.75) is 19.8 Å². The Morgan fingerprint density at radius 1 is 1.04 bits per heavy atom. The Balaban J connectivity index is 1.44. The maximum Gasteiger partial charge on any atom is 0.261 e. The van der Waals surface area contributed by atoms with Gasteiger partial charge in [0.25, 0.3) is 5.91 Å². The fourth-order valence-electron chi connectivity index (χ4n) is 3.09. The predicted octanol–water partition coefficient (Wildman–Crippen LogP) is 5.12. The molecule has 1 N–H and O–H groups in total. The summed E-state index contributed by atoms with van der Waals surface area (Å²) in [6.07, 6.45) is 1.90. The van der Waals surface area contributed by atoms with Gasteiger partial charge >= 0.3 is 0 Å². The van der Waals surface area contributed by atoms with E-state index < -0.39 is 0 Å². The number of aromatic nitrogens is 1. The van der Waals surface area contributed by atoms with Crippen LogP contribution in [0, 0.1) is 6.92 Å². The van der Waals surface area contributed by atoms with Crippen molar-refractivity contribution in [3.05, 3.63) is 76.7 Å². The number of thiophene rings is 1. The average Bonchev–Trinajstić information content (AvgIpc) is 3.07. The van der Waals surface area contributed by atoms with Crippen LogP contribution in [0.1, 0.15) is 27.2 Å². The molecule has 1 amide bonds. The standard InChI is InChI=1S/C22H20N2OS/c1-15-9-10-19-17(12-15)13-18-14-20(26-22(18)24-19)21(25)23-11-5-8-16-6-3-2-4-7-16/h2-4,6-7,9-10,12-14H,5,8,11H2,1H3,(H,23,25). The summed E-state index contributed by atoms with van der Waals surface area (Å²) in [6.45, 7) is 2.75. The molecule has 0 aliphatic rings. The highest BCUT2D eigenvalue weighted by Crippen LogP contribution is 2.27. The van der Waals surface area contributed by atoms with Gasteiger partial charge in [-0.1, -0.05) is 42.0 Å². The van der Waals surface area contributed by atoms with Crippen molar-refractivity contribution in [2.24, 2.45) is 0 Å². The minimum atomic E-state index is -0.0127. The fraction of sp³-hybridized carbons (Fsp3) is 0.182. The van der Waals surface area contributed by atoms with Gasteiger partial charge < -0.3 is 5.32 Å². The summed E-state index contributed by atoms with van der Waals surface area (Å²) >= 11 is 1.46. The first-order chi connectivity index (χ1) is 12.7. The van der Waals surface area contributed by atoms with Crippen LogP contribution < -0.4 is 5.32 Å². The molecule has 130 valence electrons. The van der Waals surface area contributed by atoms with Gasteiger partial charge in [0.2, 0.25) is 0 Å². The van der Waals surface area contributed by atoms with Crippen LogP contribution >= 0.6 is 11.3 Å². The van der Waals surface area contributed by atoms with E-state index in [0.717, 1.165) is 38.8 Å². The second kappa shape index (κ2) is 7.26. The molecule has 0 aliphatic carbocycles. The van der Waals surface area contributed by atoms with Crippen LogP contribution in [0.3, 0.4) is 0 Å². The molecule has 0 saturated heterocycles. The molecule has 26 heavy (non-hydrogen) atoms. The highest BCUT2D eigenvalue weighted by Gasteiger charge is 2.11. The van der Waals surface area contributed by atoms with Crippen LogP contribution in [0.15, 0.2) is 60.7 Å². The van der Waals surface area contributed by atoms with Gasteiger partial charge in [0.1, 0.15) is 4.83 Å². The van der Waals surface area contributed by atoms with Crippen molar-refractivity contribution < 1.29 is 4.79 Å². The Labute approximate surface area is 156 Å². The van der Waals surface area contributed by atoms with E-state index in [2.05, 4.69) is 42.6 Å². The normalized spacial score (nSPS) is 11.1. The van der Waals surface area contributed by atoms with Crippen LogP contribution in [-0.4, -0.2) is 17.4 Å². The molecular weight excluding hydrogens is 340 g/mol. The third kappa shape index (κ3) is 3.60. The van der Waals surface area contributed by atoms with Gasteiger partial charge in [0.05, 0.1) is 10.4 Å². The number of hydrogen-bond donors (Lipinski definition) is 1. The van der Waals surface area contributed by atoms with Crippen molar-refractivity contribution in [3.8, 4) is 0 Å². The minimum absolute atomic E-state index is 0.0127. The van der Waals surface area contributed by atoms with Gasteiger partial charge in [0, 0.05) is 17.3 Å². The number of nitrogens with zero attached hydrogens (tertiary/aromatic N) is 1. The molecule has 4 aromatic rings. The molecule has 2 aromatic carbocycles. The molecule has 0 saturated carbocycles. The fourth-order valence-corrected chi connectivity index (χ4v) is 4.03. The van der Waals surface area contributed by atoms with Crippen LogP contribution in [0.2, 0.25) is 0 Å². The number of pyridine rings is 1.